The van der Waals surface area contributed by atoms with Crippen molar-refractivity contribution in [1.82, 2.24) is 15.0 Å². The Morgan fingerprint density at radius 2 is 2.18 bits per heavy atom. The van der Waals surface area contributed by atoms with Gasteiger partial charge in [0.05, 0.1) is 5.69 Å². The Morgan fingerprint density at radius 1 is 1.36 bits per heavy atom. The van der Waals surface area contributed by atoms with Crippen molar-refractivity contribution in [1.29, 1.82) is 0 Å². The van der Waals surface area contributed by atoms with Crippen molar-refractivity contribution >= 4 is 11.8 Å². The van der Waals surface area contributed by atoms with E-state index < -0.39 is 0 Å². The molecule has 0 fully saturated rings. The van der Waals surface area contributed by atoms with Gasteiger partial charge in [-0.1, -0.05) is 25.6 Å². The summed E-state index contributed by atoms with van der Waals surface area (Å²) in [4.78, 5) is 24.1. The molecule has 0 spiro atoms. The Hall–Kier alpha value is -1.62. The van der Waals surface area contributed by atoms with Gasteiger partial charge in [-0.2, -0.15) is 0 Å². The summed E-state index contributed by atoms with van der Waals surface area (Å²) in [6.07, 6.45) is 4.70. The molecule has 0 saturated heterocycles. The van der Waals surface area contributed by atoms with E-state index in [2.05, 4.69) is 35.7 Å². The van der Waals surface area contributed by atoms with Crippen LogP contribution >= 0.6 is 11.8 Å². The number of hydrogen-bond acceptors (Lipinski definition) is 4. The first-order valence-corrected chi connectivity index (χ1v) is 8.74. The van der Waals surface area contributed by atoms with E-state index in [1.165, 1.54) is 11.1 Å². The maximum atomic E-state index is 12.1. The first kappa shape index (κ1) is 15.3. The minimum atomic E-state index is 0.0389. The quantitative estimate of drug-likeness (QED) is 0.694. The van der Waals surface area contributed by atoms with Crippen LogP contribution in [0.5, 0.6) is 0 Å². The Labute approximate surface area is 134 Å². The number of H-pyrrole nitrogens is 1. The van der Waals surface area contributed by atoms with E-state index >= 15 is 0 Å². The molecule has 0 bridgehead atoms. The highest BCUT2D eigenvalue weighted by Crippen LogP contribution is 2.27. The van der Waals surface area contributed by atoms with E-state index in [9.17, 15) is 4.79 Å². The summed E-state index contributed by atoms with van der Waals surface area (Å²) in [7, 11) is 0. The molecular formula is C17H21N3OS. The molecule has 22 heavy (non-hydrogen) atoms. The minimum Gasteiger partial charge on any atom is -0.301 e. The lowest BCUT2D eigenvalue weighted by atomic mass is 10.0. The summed E-state index contributed by atoms with van der Waals surface area (Å²) >= 11 is 1.59. The van der Waals surface area contributed by atoms with Crippen LogP contribution in [0.4, 0.5) is 0 Å². The van der Waals surface area contributed by atoms with Gasteiger partial charge in [-0.05, 0) is 49.3 Å². The Balaban J connectivity index is 1.85. The van der Waals surface area contributed by atoms with Gasteiger partial charge in [-0.3, -0.25) is 9.78 Å². The van der Waals surface area contributed by atoms with Crippen LogP contribution in [0.15, 0.2) is 22.2 Å². The van der Waals surface area contributed by atoms with E-state index in [1.54, 1.807) is 11.8 Å². The molecule has 2 aromatic rings. The van der Waals surface area contributed by atoms with Crippen LogP contribution in [0.3, 0.4) is 0 Å². The lowest BCUT2D eigenvalue weighted by molar-refractivity contribution is 0.805. The summed E-state index contributed by atoms with van der Waals surface area (Å²) < 4.78 is 0. The molecule has 3 rings (SSSR count). The minimum absolute atomic E-state index is 0.0389. The molecule has 1 N–H and O–H groups in total. The van der Waals surface area contributed by atoms with Gasteiger partial charge < -0.3 is 4.98 Å². The van der Waals surface area contributed by atoms with Crippen LogP contribution < -0.4 is 5.56 Å². The third-order valence-corrected chi connectivity index (χ3v) is 5.04. The van der Waals surface area contributed by atoms with Gasteiger partial charge in [0, 0.05) is 23.2 Å². The fraction of sp³-hybridized carbons (Fsp3) is 0.471. The predicted molar refractivity (Wildman–Crippen MR) is 89.5 cm³/mol. The number of fused-ring (bicyclic) bond motifs is 1. The topological polar surface area (TPSA) is 58.6 Å². The van der Waals surface area contributed by atoms with Gasteiger partial charge >= 0.3 is 0 Å². The van der Waals surface area contributed by atoms with E-state index in [0.29, 0.717) is 5.92 Å². The average molecular weight is 315 g/mol. The standard InChI is InChI=1S/C17H21N3OS/c1-10(2)15-13(11(3)7-8-18-15)9-22-17-19-14-6-4-5-12(14)16(21)20-17/h7-8,10H,4-6,9H2,1-3H3,(H,19,20,21). The SMILES string of the molecule is Cc1ccnc(C(C)C)c1CSc1nc2c(c(=O)[nH]1)CCC2. The van der Waals surface area contributed by atoms with E-state index in [-0.39, 0.29) is 5.56 Å². The highest BCUT2D eigenvalue weighted by molar-refractivity contribution is 7.98. The Kier molecular flexibility index (Phi) is 4.34. The molecule has 0 unspecified atom stereocenters. The average Bonchev–Trinajstić information content (AvgIpc) is 2.94. The van der Waals surface area contributed by atoms with Crippen molar-refractivity contribution in [2.24, 2.45) is 0 Å². The van der Waals surface area contributed by atoms with E-state index in [4.69, 9.17) is 0 Å². The lowest BCUT2D eigenvalue weighted by Crippen LogP contribution is -2.15. The Morgan fingerprint density at radius 3 is 2.95 bits per heavy atom. The second kappa shape index (κ2) is 6.24. The first-order chi connectivity index (χ1) is 10.6. The number of rotatable bonds is 4. The molecule has 4 nitrogen and oxygen atoms in total. The predicted octanol–water partition coefficient (Wildman–Crippen LogP) is 3.38. The first-order valence-electron chi connectivity index (χ1n) is 7.75. The summed E-state index contributed by atoms with van der Waals surface area (Å²) in [6, 6.07) is 2.04. The number of thioether (sulfide) groups is 1. The van der Waals surface area contributed by atoms with Gasteiger partial charge in [-0.25, -0.2) is 4.98 Å². The maximum Gasteiger partial charge on any atom is 0.254 e. The molecule has 0 aliphatic heterocycles. The summed E-state index contributed by atoms with van der Waals surface area (Å²) in [5, 5.41) is 0.726. The second-order valence-corrected chi connectivity index (χ2v) is 7.05. The molecule has 2 aromatic heterocycles. The number of aromatic amines is 1. The molecule has 0 saturated carbocycles. The smallest absolute Gasteiger partial charge is 0.254 e. The Bertz CT molecular complexity index is 752. The van der Waals surface area contributed by atoms with Crippen LogP contribution in [0.1, 0.15) is 54.3 Å². The van der Waals surface area contributed by atoms with Crippen molar-refractivity contribution in [2.75, 3.05) is 0 Å². The van der Waals surface area contributed by atoms with Gasteiger partial charge in [0.2, 0.25) is 0 Å². The monoisotopic (exact) mass is 315 g/mol. The van der Waals surface area contributed by atoms with Gasteiger partial charge in [-0.15, -0.1) is 0 Å². The van der Waals surface area contributed by atoms with Crippen LogP contribution in [0.25, 0.3) is 0 Å². The van der Waals surface area contributed by atoms with Crippen molar-refractivity contribution < 1.29 is 0 Å². The molecule has 0 atom stereocenters. The molecule has 5 heteroatoms. The number of aryl methyl sites for hydroxylation is 2. The lowest BCUT2D eigenvalue weighted by Gasteiger charge is -2.13. The number of nitrogens with one attached hydrogen (secondary N) is 1. The highest BCUT2D eigenvalue weighted by Gasteiger charge is 2.18. The molecule has 116 valence electrons. The molecule has 2 heterocycles. The zero-order valence-electron chi connectivity index (χ0n) is 13.3. The summed E-state index contributed by atoms with van der Waals surface area (Å²) in [5.74, 6) is 1.18. The number of hydrogen-bond donors (Lipinski definition) is 1. The zero-order chi connectivity index (χ0) is 15.7. The summed E-state index contributed by atoms with van der Waals surface area (Å²) in [6.45, 7) is 6.43. The van der Waals surface area contributed by atoms with Gasteiger partial charge in [0.15, 0.2) is 5.16 Å². The molecule has 1 aliphatic carbocycles. The van der Waals surface area contributed by atoms with Crippen molar-refractivity contribution in [3.8, 4) is 0 Å². The van der Waals surface area contributed by atoms with Gasteiger partial charge in [0.1, 0.15) is 0 Å². The normalized spacial score (nSPS) is 13.6. The second-order valence-electron chi connectivity index (χ2n) is 6.08. The van der Waals surface area contributed by atoms with E-state index in [1.807, 2.05) is 12.3 Å². The molecule has 0 amide bonds. The van der Waals surface area contributed by atoms with Crippen molar-refractivity contribution in [3.63, 3.8) is 0 Å². The highest BCUT2D eigenvalue weighted by atomic mass is 32.2. The zero-order valence-corrected chi connectivity index (χ0v) is 14.1. The van der Waals surface area contributed by atoms with Crippen LogP contribution in [-0.2, 0) is 18.6 Å². The van der Waals surface area contributed by atoms with Crippen LogP contribution in [0, 0.1) is 6.92 Å². The summed E-state index contributed by atoms with van der Waals surface area (Å²) in [5.41, 5.74) is 5.54. The third-order valence-electron chi connectivity index (χ3n) is 4.14. The van der Waals surface area contributed by atoms with Crippen molar-refractivity contribution in [3.05, 3.63) is 50.7 Å². The van der Waals surface area contributed by atoms with Crippen LogP contribution in [0.2, 0.25) is 0 Å². The molecule has 0 radical (unpaired) electrons. The third kappa shape index (κ3) is 2.95. The fourth-order valence-corrected chi connectivity index (χ4v) is 3.92. The largest absolute Gasteiger partial charge is 0.301 e. The number of nitrogens with zero attached hydrogens (tertiary/aromatic N) is 2. The van der Waals surface area contributed by atoms with E-state index in [0.717, 1.165) is 47.1 Å². The van der Waals surface area contributed by atoms with Crippen LogP contribution in [-0.4, -0.2) is 15.0 Å². The number of pyridine rings is 1. The fourth-order valence-electron chi connectivity index (χ4n) is 2.92. The maximum absolute atomic E-state index is 12.1. The number of aromatic nitrogens is 3. The molecule has 0 aromatic carbocycles. The van der Waals surface area contributed by atoms with Crippen molar-refractivity contribution in [2.45, 2.75) is 56.9 Å². The van der Waals surface area contributed by atoms with Gasteiger partial charge in [0.25, 0.3) is 5.56 Å². The molecular weight excluding hydrogens is 294 g/mol. The molecule has 1 aliphatic rings.